The number of hydrogen-bond acceptors (Lipinski definition) is 6. The largest absolute Gasteiger partial charge is 0.410 e. The van der Waals surface area contributed by atoms with E-state index in [1.807, 2.05) is 20.8 Å². The number of nitrogens with two attached hydrogens (primary N) is 1. The Hall–Kier alpha value is -1.04. The third kappa shape index (κ3) is 5.08. The van der Waals surface area contributed by atoms with Gasteiger partial charge in [-0.25, -0.2) is 14.2 Å². The first kappa shape index (κ1) is 27.5. The Balaban J connectivity index is 2.20. The van der Waals surface area contributed by atoms with Crippen molar-refractivity contribution in [2.24, 2.45) is 22.1 Å². The number of carbonyl (C=O) groups excluding carboxylic acids is 1. The Labute approximate surface area is 214 Å². The van der Waals surface area contributed by atoms with Gasteiger partial charge in [0.05, 0.1) is 10.3 Å². The first-order chi connectivity index (χ1) is 15.5. The lowest BCUT2D eigenvalue weighted by Gasteiger charge is -2.46. The molecule has 0 radical (unpaired) electrons. The van der Waals surface area contributed by atoms with Crippen LogP contribution in [0.5, 0.6) is 0 Å². The van der Waals surface area contributed by atoms with Crippen LogP contribution in [0.3, 0.4) is 0 Å². The van der Waals surface area contributed by atoms with Crippen LogP contribution >= 0.6 is 27.7 Å². The molecule has 1 amide bonds. The number of fused-ring (bicyclic) bond motifs is 1. The molecule has 0 bridgehead atoms. The molecule has 3 rings (SSSR count). The first-order valence-corrected chi connectivity index (χ1v) is 16.6. The summed E-state index contributed by atoms with van der Waals surface area (Å²) < 4.78 is 41.4. The number of alkyl halides is 1. The molecule has 0 spiro atoms. The van der Waals surface area contributed by atoms with E-state index in [1.165, 1.54) is 18.0 Å². The summed E-state index contributed by atoms with van der Waals surface area (Å²) >= 11 is 4.58. The van der Waals surface area contributed by atoms with Gasteiger partial charge in [-0.1, -0.05) is 52.2 Å². The number of thioether (sulfide) groups is 1. The number of carbonyl (C=O) groups is 1. The Bertz CT molecular complexity index is 1000. The Morgan fingerprint density at radius 3 is 2.56 bits per heavy atom. The molecule has 0 aromatic carbocycles. The average Bonchev–Trinajstić information content (AvgIpc) is 3.43. The maximum atomic E-state index is 15.0. The number of pyridine rings is 1. The SMILES string of the molecule is CC(C)(C)C(OCC[Si](C)(C)C)(OC(N)=O)C1=N[C@](C)(c2cc(Br)cnc2F)C2CC2(CF)S1. The quantitative estimate of drug-likeness (QED) is 0.223. The highest BCUT2D eigenvalue weighted by molar-refractivity contribution is 9.10. The van der Waals surface area contributed by atoms with E-state index >= 15 is 0 Å². The maximum Gasteiger partial charge on any atom is 0.407 e. The third-order valence-corrected chi connectivity index (χ3v) is 10.2. The molecule has 1 saturated carbocycles. The molecule has 3 unspecified atom stereocenters. The number of nitrogens with zero attached hydrogens (tertiary/aromatic N) is 2. The van der Waals surface area contributed by atoms with Crippen molar-refractivity contribution in [3.05, 3.63) is 28.2 Å². The Kier molecular flexibility index (Phi) is 7.39. The van der Waals surface area contributed by atoms with Crippen LogP contribution in [0, 0.1) is 17.3 Å². The molecule has 1 aliphatic carbocycles. The van der Waals surface area contributed by atoms with Crippen molar-refractivity contribution in [2.75, 3.05) is 13.3 Å². The fraction of sp³-hybridized carbons (Fsp3) is 0.696. The van der Waals surface area contributed by atoms with Gasteiger partial charge in [0.25, 0.3) is 5.79 Å². The van der Waals surface area contributed by atoms with E-state index in [4.69, 9.17) is 20.2 Å². The summed E-state index contributed by atoms with van der Waals surface area (Å²) in [6.45, 7) is 13.7. The normalized spacial score (nSPS) is 28.5. The molecule has 4 atom stereocenters. The van der Waals surface area contributed by atoms with Crippen molar-refractivity contribution in [2.45, 2.75) is 75.9 Å². The molecular formula is C23H34BrF2N3O3SSi. The highest BCUT2D eigenvalue weighted by atomic mass is 79.9. The van der Waals surface area contributed by atoms with E-state index in [0.29, 0.717) is 22.5 Å². The van der Waals surface area contributed by atoms with Gasteiger partial charge >= 0.3 is 6.09 Å². The van der Waals surface area contributed by atoms with Gasteiger partial charge in [-0.2, -0.15) is 4.39 Å². The van der Waals surface area contributed by atoms with Crippen molar-refractivity contribution >= 4 is 46.9 Å². The summed E-state index contributed by atoms with van der Waals surface area (Å²) in [7, 11) is -1.49. The number of rotatable bonds is 8. The number of primary amides is 1. The van der Waals surface area contributed by atoms with Crippen molar-refractivity contribution in [1.29, 1.82) is 0 Å². The maximum absolute atomic E-state index is 15.0. The molecule has 2 aliphatic rings. The van der Waals surface area contributed by atoms with Crippen LogP contribution in [0.4, 0.5) is 13.6 Å². The van der Waals surface area contributed by atoms with Crippen molar-refractivity contribution in [3.63, 3.8) is 0 Å². The second-order valence-corrected chi connectivity index (χ2v) is 19.5. The summed E-state index contributed by atoms with van der Waals surface area (Å²) in [5.74, 6) is -2.58. The Morgan fingerprint density at radius 2 is 2.03 bits per heavy atom. The minimum absolute atomic E-state index is 0.252. The van der Waals surface area contributed by atoms with Crippen LogP contribution in [0.15, 0.2) is 21.7 Å². The summed E-state index contributed by atoms with van der Waals surface area (Å²) in [6.07, 6.45) is 0.847. The van der Waals surface area contributed by atoms with Crippen molar-refractivity contribution < 1.29 is 23.0 Å². The summed E-state index contributed by atoms with van der Waals surface area (Å²) in [5.41, 5.74) is 3.84. The van der Waals surface area contributed by atoms with Gasteiger partial charge in [-0.3, -0.25) is 4.99 Å². The van der Waals surface area contributed by atoms with Crippen LogP contribution in [0.25, 0.3) is 0 Å². The molecule has 2 heterocycles. The van der Waals surface area contributed by atoms with Crippen LogP contribution in [-0.2, 0) is 15.0 Å². The van der Waals surface area contributed by atoms with Gasteiger partial charge in [0.1, 0.15) is 11.7 Å². The number of halogens is 3. The van der Waals surface area contributed by atoms with E-state index in [2.05, 4.69) is 40.6 Å². The minimum atomic E-state index is -1.66. The van der Waals surface area contributed by atoms with E-state index < -0.39 is 48.3 Å². The fourth-order valence-corrected chi connectivity index (χ4v) is 7.31. The number of aliphatic imine (C=N–C) groups is 1. The number of amides is 1. The predicted molar refractivity (Wildman–Crippen MR) is 138 cm³/mol. The average molecular weight is 579 g/mol. The predicted octanol–water partition coefficient (Wildman–Crippen LogP) is 6.26. The van der Waals surface area contributed by atoms with Gasteiger partial charge < -0.3 is 15.2 Å². The third-order valence-electron chi connectivity index (χ3n) is 6.58. The summed E-state index contributed by atoms with van der Waals surface area (Å²) in [6, 6.07) is 2.43. The molecule has 1 aliphatic heterocycles. The number of ether oxygens (including phenoxy) is 2. The smallest absolute Gasteiger partial charge is 0.407 e. The lowest BCUT2D eigenvalue weighted by atomic mass is 9.83. The van der Waals surface area contributed by atoms with E-state index in [1.54, 1.807) is 13.0 Å². The zero-order valence-electron chi connectivity index (χ0n) is 20.8. The van der Waals surface area contributed by atoms with Crippen molar-refractivity contribution in [1.82, 2.24) is 4.98 Å². The fourth-order valence-electron chi connectivity index (χ4n) is 4.42. The molecule has 0 saturated heterocycles. The minimum Gasteiger partial charge on any atom is -0.410 e. The zero-order valence-corrected chi connectivity index (χ0v) is 24.2. The standard InChI is InChI=1S/C23H34BrF2N3O3SSi/c1-20(2,3)23(32-19(27)30,31-8-9-34(5,6)7)18-29-21(4,16-11-22(16,13-25)33-18)15-10-14(24)12-28-17(15)26/h10,12,16H,8-9,11,13H2,1-7H3,(H2,27,30)/t16?,21-,22?,23?/m1/s1. The van der Waals surface area contributed by atoms with E-state index in [9.17, 15) is 13.6 Å². The molecule has 1 aromatic heterocycles. The van der Waals surface area contributed by atoms with E-state index in [-0.39, 0.29) is 11.5 Å². The second-order valence-electron chi connectivity index (χ2n) is 11.6. The molecule has 2 N–H and O–H groups in total. The molecule has 190 valence electrons. The summed E-state index contributed by atoms with van der Waals surface area (Å²) in [4.78, 5) is 21.0. The van der Waals surface area contributed by atoms with E-state index in [0.717, 1.165) is 6.04 Å². The number of aromatic nitrogens is 1. The van der Waals surface area contributed by atoms with Crippen LogP contribution in [-0.4, -0.2) is 48.0 Å². The monoisotopic (exact) mass is 577 g/mol. The highest BCUT2D eigenvalue weighted by Gasteiger charge is 2.70. The molecule has 11 heteroatoms. The molecule has 34 heavy (non-hydrogen) atoms. The van der Waals surface area contributed by atoms with Gasteiger partial charge in [-0.15, -0.1) is 0 Å². The van der Waals surface area contributed by atoms with Gasteiger partial charge in [-0.05, 0) is 41.4 Å². The van der Waals surface area contributed by atoms with Crippen molar-refractivity contribution in [3.8, 4) is 0 Å². The zero-order chi connectivity index (χ0) is 25.7. The lowest BCUT2D eigenvalue weighted by molar-refractivity contribution is -0.203. The molecule has 1 fully saturated rings. The van der Waals surface area contributed by atoms with Gasteiger partial charge in [0.2, 0.25) is 5.95 Å². The Morgan fingerprint density at radius 1 is 1.38 bits per heavy atom. The second kappa shape index (κ2) is 9.12. The summed E-state index contributed by atoms with van der Waals surface area (Å²) in [5, 5.41) is 0.294. The molecular weight excluding hydrogens is 544 g/mol. The molecule has 1 aromatic rings. The van der Waals surface area contributed by atoms with Crippen LogP contribution in [0.2, 0.25) is 25.7 Å². The topological polar surface area (TPSA) is 86.8 Å². The first-order valence-electron chi connectivity index (χ1n) is 11.3. The van der Waals surface area contributed by atoms with Crippen LogP contribution < -0.4 is 5.73 Å². The van der Waals surface area contributed by atoms with Gasteiger partial charge in [0, 0.05) is 42.2 Å². The molecule has 6 nitrogen and oxygen atoms in total. The lowest BCUT2D eigenvalue weighted by Crippen LogP contribution is -2.58. The van der Waals surface area contributed by atoms with Crippen LogP contribution in [0.1, 0.15) is 39.7 Å². The number of hydrogen-bond donors (Lipinski definition) is 1. The highest BCUT2D eigenvalue weighted by Crippen LogP contribution is 2.68. The van der Waals surface area contributed by atoms with Gasteiger partial charge in [0.15, 0.2) is 0 Å².